The molecule has 0 aromatic carbocycles. The molecule has 1 atom stereocenters. The van der Waals surface area contributed by atoms with Crippen LogP contribution >= 0.6 is 23.4 Å². The van der Waals surface area contributed by atoms with Crippen molar-refractivity contribution in [2.75, 3.05) is 20.8 Å². The van der Waals surface area contributed by atoms with Gasteiger partial charge in [-0.3, -0.25) is 4.79 Å². The summed E-state index contributed by atoms with van der Waals surface area (Å²) in [6.45, 7) is -0.224. The van der Waals surface area contributed by atoms with Crippen molar-refractivity contribution in [1.82, 2.24) is 0 Å². The van der Waals surface area contributed by atoms with Crippen LogP contribution in [0, 0.1) is 0 Å². The number of carbonyl (C=O) groups is 2. The third-order valence-electron chi connectivity index (χ3n) is 2.16. The van der Waals surface area contributed by atoms with Crippen LogP contribution in [0.5, 0.6) is 0 Å². The number of esters is 2. The van der Waals surface area contributed by atoms with Gasteiger partial charge >= 0.3 is 11.9 Å². The summed E-state index contributed by atoms with van der Waals surface area (Å²) in [7, 11) is 2.57. The highest BCUT2D eigenvalue weighted by Gasteiger charge is 2.39. The molecule has 17 heavy (non-hydrogen) atoms. The summed E-state index contributed by atoms with van der Waals surface area (Å²) in [6, 6.07) is 0. The fraction of sp³-hybridized carbons (Fsp3) is 0.600. The van der Waals surface area contributed by atoms with Crippen LogP contribution in [-0.2, 0) is 23.8 Å². The Morgan fingerprint density at radius 3 is 2.53 bits per heavy atom. The number of carbonyl (C=O) groups excluding carboxylic acids is 2. The van der Waals surface area contributed by atoms with Crippen molar-refractivity contribution in [3.8, 4) is 0 Å². The van der Waals surface area contributed by atoms with E-state index in [9.17, 15) is 9.59 Å². The highest BCUT2D eigenvalue weighted by Crippen LogP contribution is 2.45. The molecule has 0 amide bonds. The Kier molecular flexibility index (Phi) is 5.30. The van der Waals surface area contributed by atoms with Gasteiger partial charge in [-0.15, -0.1) is 0 Å². The normalized spacial score (nSPS) is 23.1. The second-order valence-corrected chi connectivity index (χ2v) is 5.09. The van der Waals surface area contributed by atoms with Gasteiger partial charge in [0, 0.05) is 11.5 Å². The lowest BCUT2D eigenvalue weighted by Gasteiger charge is -2.26. The van der Waals surface area contributed by atoms with Crippen LogP contribution in [0.1, 0.15) is 12.8 Å². The van der Waals surface area contributed by atoms with Crippen LogP contribution in [0.4, 0.5) is 0 Å². The van der Waals surface area contributed by atoms with Gasteiger partial charge in [0.25, 0.3) is 0 Å². The van der Waals surface area contributed by atoms with Crippen molar-refractivity contribution in [2.24, 2.45) is 0 Å². The van der Waals surface area contributed by atoms with E-state index in [0.717, 1.165) is 0 Å². The predicted molar refractivity (Wildman–Crippen MR) is 63.5 cm³/mol. The first-order valence-corrected chi connectivity index (χ1v) is 6.07. The monoisotopic (exact) mass is 280 g/mol. The van der Waals surface area contributed by atoms with Gasteiger partial charge in [-0.1, -0.05) is 23.4 Å². The van der Waals surface area contributed by atoms with Crippen molar-refractivity contribution < 1.29 is 23.8 Å². The van der Waals surface area contributed by atoms with Crippen molar-refractivity contribution in [3.63, 3.8) is 0 Å². The molecular formula is C10H13ClO5S. The van der Waals surface area contributed by atoms with E-state index in [1.165, 1.54) is 26.0 Å². The predicted octanol–water partition coefficient (Wildman–Crippen LogP) is 1.65. The topological polar surface area (TPSA) is 61.8 Å². The number of ether oxygens (including phenoxy) is 3. The Labute approximate surface area is 108 Å². The average Bonchev–Trinajstić information content (AvgIpc) is 2.68. The minimum atomic E-state index is -0.863. The van der Waals surface area contributed by atoms with Crippen molar-refractivity contribution in [3.05, 3.63) is 10.4 Å². The molecule has 0 aromatic heterocycles. The van der Waals surface area contributed by atoms with E-state index in [1.54, 1.807) is 5.41 Å². The summed E-state index contributed by atoms with van der Waals surface area (Å²) in [4.78, 5) is 21.5. The molecule has 7 heteroatoms. The van der Waals surface area contributed by atoms with Gasteiger partial charge in [0.1, 0.15) is 11.5 Å². The van der Waals surface area contributed by atoms with Gasteiger partial charge in [-0.05, 0) is 5.41 Å². The lowest BCUT2D eigenvalue weighted by Crippen LogP contribution is -2.32. The van der Waals surface area contributed by atoms with Crippen molar-refractivity contribution in [2.45, 2.75) is 17.8 Å². The van der Waals surface area contributed by atoms with Gasteiger partial charge in [0.2, 0.25) is 0 Å². The molecule has 0 radical (unpaired) electrons. The first kappa shape index (κ1) is 14.3. The number of rotatable bonds is 5. The van der Waals surface area contributed by atoms with Gasteiger partial charge in [0.15, 0.2) is 0 Å². The molecule has 1 aliphatic rings. The molecule has 5 nitrogen and oxygen atoms in total. The molecule has 0 saturated carbocycles. The molecule has 0 fully saturated rings. The first-order valence-electron chi connectivity index (χ1n) is 4.81. The molecule has 1 unspecified atom stereocenters. The Morgan fingerprint density at radius 1 is 1.41 bits per heavy atom. The SMILES string of the molecule is COC(=O)COC1(CC(=O)OC)CC(Cl)=CS1. The van der Waals surface area contributed by atoms with E-state index < -0.39 is 16.9 Å². The summed E-state index contributed by atoms with van der Waals surface area (Å²) in [5.41, 5.74) is 0. The highest BCUT2D eigenvalue weighted by atomic mass is 35.5. The van der Waals surface area contributed by atoms with E-state index in [4.69, 9.17) is 16.3 Å². The quantitative estimate of drug-likeness (QED) is 0.714. The molecule has 0 saturated heterocycles. The fourth-order valence-corrected chi connectivity index (χ4v) is 2.72. The van der Waals surface area contributed by atoms with E-state index in [1.807, 2.05) is 0 Å². The second-order valence-electron chi connectivity index (χ2n) is 3.39. The van der Waals surface area contributed by atoms with E-state index >= 15 is 0 Å². The third-order valence-corrected chi connectivity index (χ3v) is 3.77. The van der Waals surface area contributed by atoms with Crippen molar-refractivity contribution in [1.29, 1.82) is 0 Å². The van der Waals surface area contributed by atoms with Crippen LogP contribution in [-0.4, -0.2) is 37.7 Å². The number of methoxy groups -OCH3 is 2. The van der Waals surface area contributed by atoms with Crippen LogP contribution in [0.2, 0.25) is 0 Å². The maximum Gasteiger partial charge on any atom is 0.331 e. The molecule has 0 N–H and O–H groups in total. The molecule has 96 valence electrons. The standard InChI is InChI=1S/C10H13ClO5S/c1-14-8(12)4-10(3-7(11)6-17-10)16-5-9(13)15-2/h6H,3-5H2,1-2H3. The molecule has 0 spiro atoms. The van der Waals surface area contributed by atoms with Crippen LogP contribution in [0.25, 0.3) is 0 Å². The molecule has 1 rings (SSSR count). The lowest BCUT2D eigenvalue weighted by atomic mass is 10.2. The zero-order valence-corrected chi connectivity index (χ0v) is 11.1. The van der Waals surface area contributed by atoms with Gasteiger partial charge in [-0.2, -0.15) is 0 Å². The minimum absolute atomic E-state index is 0.0257. The summed E-state index contributed by atoms with van der Waals surface area (Å²) in [5, 5.41) is 2.28. The van der Waals surface area contributed by atoms with Crippen LogP contribution < -0.4 is 0 Å². The maximum atomic E-state index is 11.3. The van der Waals surface area contributed by atoms with Crippen molar-refractivity contribution >= 4 is 35.3 Å². The number of hydrogen-bond acceptors (Lipinski definition) is 6. The molecule has 0 bridgehead atoms. The Bertz CT molecular complexity index is 344. The summed E-state index contributed by atoms with van der Waals surface area (Å²) in [6.07, 6.45) is 0.392. The third kappa shape index (κ3) is 4.22. The Morgan fingerprint density at radius 2 is 2.06 bits per heavy atom. The van der Waals surface area contributed by atoms with E-state index in [2.05, 4.69) is 9.47 Å². The van der Waals surface area contributed by atoms with E-state index in [-0.39, 0.29) is 13.0 Å². The van der Waals surface area contributed by atoms with E-state index in [0.29, 0.717) is 11.5 Å². The number of thioether (sulfide) groups is 1. The van der Waals surface area contributed by atoms with Gasteiger partial charge in [-0.25, -0.2) is 4.79 Å². The fourth-order valence-electron chi connectivity index (χ4n) is 1.29. The van der Waals surface area contributed by atoms with Crippen LogP contribution in [0.15, 0.2) is 10.4 Å². The van der Waals surface area contributed by atoms with Gasteiger partial charge in [0.05, 0.1) is 20.6 Å². The average molecular weight is 281 g/mol. The molecular weight excluding hydrogens is 268 g/mol. The molecule has 0 aliphatic carbocycles. The lowest BCUT2D eigenvalue weighted by molar-refractivity contribution is -0.154. The van der Waals surface area contributed by atoms with Crippen LogP contribution in [0.3, 0.4) is 0 Å². The summed E-state index contributed by atoms with van der Waals surface area (Å²) >= 11 is 7.13. The Balaban J connectivity index is 2.61. The maximum absolute atomic E-state index is 11.3. The molecule has 1 heterocycles. The Hall–Kier alpha value is -0.720. The molecule has 0 aromatic rings. The first-order chi connectivity index (χ1) is 8.01. The smallest absolute Gasteiger partial charge is 0.331 e. The highest BCUT2D eigenvalue weighted by molar-refractivity contribution is 8.03. The largest absolute Gasteiger partial charge is 0.469 e. The zero-order valence-electron chi connectivity index (χ0n) is 9.53. The van der Waals surface area contributed by atoms with Gasteiger partial charge < -0.3 is 14.2 Å². The second kappa shape index (κ2) is 6.28. The summed E-state index contributed by atoms with van der Waals surface area (Å²) < 4.78 is 14.5. The summed E-state index contributed by atoms with van der Waals surface area (Å²) in [5.74, 6) is -0.917. The minimum Gasteiger partial charge on any atom is -0.469 e. The zero-order chi connectivity index (χ0) is 12.9. The molecule has 1 aliphatic heterocycles. The number of halogens is 1. The number of hydrogen-bond donors (Lipinski definition) is 0.